The van der Waals surface area contributed by atoms with Gasteiger partial charge < -0.3 is 14.8 Å². The lowest BCUT2D eigenvalue weighted by atomic mass is 10.0. The summed E-state index contributed by atoms with van der Waals surface area (Å²) in [6.45, 7) is 8.07. The van der Waals surface area contributed by atoms with Crippen LogP contribution in [0.2, 0.25) is 0 Å². The molecule has 1 aliphatic rings. The van der Waals surface area contributed by atoms with E-state index in [-0.39, 0.29) is 6.10 Å². The summed E-state index contributed by atoms with van der Waals surface area (Å²) in [6, 6.07) is 9.16. The van der Waals surface area contributed by atoms with E-state index >= 15 is 0 Å². The molecular weight excluding hydrogens is 238 g/mol. The van der Waals surface area contributed by atoms with Crippen LogP contribution in [-0.4, -0.2) is 25.4 Å². The van der Waals surface area contributed by atoms with E-state index in [4.69, 9.17) is 9.47 Å². The third-order valence-electron chi connectivity index (χ3n) is 3.46. The Balaban J connectivity index is 2.02. The highest BCUT2D eigenvalue weighted by Crippen LogP contribution is 2.26. The van der Waals surface area contributed by atoms with Gasteiger partial charge in [-0.2, -0.15) is 0 Å². The van der Waals surface area contributed by atoms with Crippen LogP contribution >= 0.6 is 0 Å². The first-order chi connectivity index (χ1) is 9.16. The summed E-state index contributed by atoms with van der Waals surface area (Å²) >= 11 is 0. The van der Waals surface area contributed by atoms with Gasteiger partial charge in [0.2, 0.25) is 0 Å². The number of nitrogens with one attached hydrogen (secondary N) is 1. The molecule has 0 aromatic heterocycles. The number of ether oxygens (including phenoxy) is 2. The van der Waals surface area contributed by atoms with Crippen molar-refractivity contribution in [3.63, 3.8) is 0 Å². The summed E-state index contributed by atoms with van der Waals surface area (Å²) in [6.07, 6.45) is 2.39. The number of para-hydroxylation sites is 1. The van der Waals surface area contributed by atoms with E-state index < -0.39 is 0 Å². The fraction of sp³-hybridized carbons (Fsp3) is 0.625. The summed E-state index contributed by atoms with van der Waals surface area (Å²) in [7, 11) is 0. The van der Waals surface area contributed by atoms with E-state index in [0.29, 0.717) is 12.1 Å². The van der Waals surface area contributed by atoms with Crippen molar-refractivity contribution in [3.8, 4) is 5.75 Å². The molecule has 1 aliphatic heterocycles. The minimum Gasteiger partial charge on any atom is -0.491 e. The summed E-state index contributed by atoms with van der Waals surface area (Å²) in [5.74, 6) is 0.990. The Morgan fingerprint density at radius 1 is 1.16 bits per heavy atom. The molecule has 1 heterocycles. The van der Waals surface area contributed by atoms with Crippen LogP contribution in [0.4, 0.5) is 0 Å². The number of hydrogen-bond donors (Lipinski definition) is 1. The molecule has 0 radical (unpaired) electrons. The zero-order chi connectivity index (χ0) is 13.7. The van der Waals surface area contributed by atoms with Gasteiger partial charge in [-0.3, -0.25) is 0 Å². The minimum absolute atomic E-state index is 0.205. The van der Waals surface area contributed by atoms with Crippen molar-refractivity contribution < 1.29 is 9.47 Å². The molecule has 1 N–H and O–H groups in total. The van der Waals surface area contributed by atoms with Gasteiger partial charge in [-0.1, -0.05) is 18.2 Å². The molecule has 0 spiro atoms. The molecule has 106 valence electrons. The first kappa shape index (κ1) is 14.4. The molecule has 0 aliphatic carbocycles. The lowest BCUT2D eigenvalue weighted by Crippen LogP contribution is -2.36. The van der Waals surface area contributed by atoms with Crippen molar-refractivity contribution in [2.75, 3.05) is 13.2 Å². The Labute approximate surface area is 116 Å². The highest BCUT2D eigenvalue weighted by molar-refractivity contribution is 5.35. The average molecular weight is 263 g/mol. The van der Waals surface area contributed by atoms with Crippen LogP contribution in [0.5, 0.6) is 5.75 Å². The van der Waals surface area contributed by atoms with Crippen molar-refractivity contribution in [1.29, 1.82) is 0 Å². The molecule has 3 heteroatoms. The van der Waals surface area contributed by atoms with E-state index in [1.54, 1.807) is 0 Å². The monoisotopic (exact) mass is 263 g/mol. The molecule has 1 saturated heterocycles. The van der Waals surface area contributed by atoms with E-state index in [2.05, 4.69) is 44.3 Å². The summed E-state index contributed by atoms with van der Waals surface area (Å²) in [5.41, 5.74) is 1.24. The van der Waals surface area contributed by atoms with Crippen LogP contribution in [0.1, 0.15) is 45.2 Å². The normalized spacial score (nSPS) is 18.5. The molecule has 1 aromatic rings. The SMILES string of the molecule is CC(C)Oc1ccccc1C(C)NC1CCOCC1. The van der Waals surface area contributed by atoms with Crippen LogP contribution < -0.4 is 10.1 Å². The Morgan fingerprint density at radius 2 is 1.84 bits per heavy atom. The quantitative estimate of drug-likeness (QED) is 0.884. The maximum atomic E-state index is 5.89. The van der Waals surface area contributed by atoms with Crippen molar-refractivity contribution in [2.45, 2.75) is 51.8 Å². The molecule has 19 heavy (non-hydrogen) atoms. The molecule has 1 fully saturated rings. The van der Waals surface area contributed by atoms with Crippen LogP contribution in [0.15, 0.2) is 24.3 Å². The molecule has 0 bridgehead atoms. The number of benzene rings is 1. The third kappa shape index (κ3) is 4.22. The van der Waals surface area contributed by atoms with E-state index in [1.807, 2.05) is 6.07 Å². The van der Waals surface area contributed by atoms with Gasteiger partial charge in [-0.15, -0.1) is 0 Å². The van der Waals surface area contributed by atoms with Gasteiger partial charge in [0.25, 0.3) is 0 Å². The summed E-state index contributed by atoms with van der Waals surface area (Å²) < 4.78 is 11.3. The van der Waals surface area contributed by atoms with E-state index in [1.165, 1.54) is 5.56 Å². The Morgan fingerprint density at radius 3 is 2.53 bits per heavy atom. The minimum atomic E-state index is 0.205. The topological polar surface area (TPSA) is 30.5 Å². The standard InChI is InChI=1S/C16H25NO2/c1-12(2)19-16-7-5-4-6-15(16)13(3)17-14-8-10-18-11-9-14/h4-7,12-14,17H,8-11H2,1-3H3. The predicted octanol–water partition coefficient (Wildman–Crippen LogP) is 3.30. The second-order valence-corrected chi connectivity index (χ2v) is 5.48. The van der Waals surface area contributed by atoms with E-state index in [9.17, 15) is 0 Å². The maximum Gasteiger partial charge on any atom is 0.124 e. The number of rotatable bonds is 5. The van der Waals surface area contributed by atoms with Gasteiger partial charge in [0.15, 0.2) is 0 Å². The average Bonchev–Trinajstić information content (AvgIpc) is 2.39. The van der Waals surface area contributed by atoms with Gasteiger partial charge in [0.05, 0.1) is 6.10 Å². The number of hydrogen-bond acceptors (Lipinski definition) is 3. The van der Waals surface area contributed by atoms with Crippen LogP contribution in [0.25, 0.3) is 0 Å². The van der Waals surface area contributed by atoms with Gasteiger partial charge in [0, 0.05) is 30.9 Å². The molecule has 2 rings (SSSR count). The van der Waals surface area contributed by atoms with Crippen LogP contribution in [-0.2, 0) is 4.74 Å². The van der Waals surface area contributed by atoms with Crippen LogP contribution in [0.3, 0.4) is 0 Å². The van der Waals surface area contributed by atoms with Gasteiger partial charge >= 0.3 is 0 Å². The molecular formula is C16H25NO2. The largest absolute Gasteiger partial charge is 0.491 e. The zero-order valence-electron chi connectivity index (χ0n) is 12.2. The lowest BCUT2D eigenvalue weighted by Gasteiger charge is -2.28. The predicted molar refractivity (Wildman–Crippen MR) is 77.6 cm³/mol. The first-order valence-corrected chi connectivity index (χ1v) is 7.26. The third-order valence-corrected chi connectivity index (χ3v) is 3.46. The Hall–Kier alpha value is -1.06. The highest BCUT2D eigenvalue weighted by atomic mass is 16.5. The Kier molecular flexibility index (Phi) is 5.23. The smallest absolute Gasteiger partial charge is 0.124 e. The molecule has 1 aromatic carbocycles. The van der Waals surface area contributed by atoms with Crippen LogP contribution in [0, 0.1) is 0 Å². The maximum absolute atomic E-state index is 5.89. The van der Waals surface area contributed by atoms with Gasteiger partial charge in [-0.05, 0) is 39.7 Å². The van der Waals surface area contributed by atoms with Crippen molar-refractivity contribution in [2.24, 2.45) is 0 Å². The Bertz CT molecular complexity index is 386. The zero-order valence-corrected chi connectivity index (χ0v) is 12.2. The second-order valence-electron chi connectivity index (χ2n) is 5.48. The molecule has 0 amide bonds. The molecule has 1 unspecified atom stereocenters. The fourth-order valence-corrected chi connectivity index (χ4v) is 2.51. The first-order valence-electron chi connectivity index (χ1n) is 7.26. The molecule has 1 atom stereocenters. The van der Waals surface area contributed by atoms with Crippen molar-refractivity contribution in [1.82, 2.24) is 5.32 Å². The van der Waals surface area contributed by atoms with Crippen molar-refractivity contribution >= 4 is 0 Å². The van der Waals surface area contributed by atoms with Gasteiger partial charge in [-0.25, -0.2) is 0 Å². The van der Waals surface area contributed by atoms with E-state index in [0.717, 1.165) is 31.8 Å². The summed E-state index contributed by atoms with van der Waals surface area (Å²) in [4.78, 5) is 0. The summed E-state index contributed by atoms with van der Waals surface area (Å²) in [5, 5.41) is 3.69. The highest BCUT2D eigenvalue weighted by Gasteiger charge is 2.18. The van der Waals surface area contributed by atoms with Crippen molar-refractivity contribution in [3.05, 3.63) is 29.8 Å². The van der Waals surface area contributed by atoms with Gasteiger partial charge in [0.1, 0.15) is 5.75 Å². The second kappa shape index (κ2) is 6.92. The fourth-order valence-electron chi connectivity index (χ4n) is 2.51. The molecule has 3 nitrogen and oxygen atoms in total. The molecule has 0 saturated carbocycles. The lowest BCUT2D eigenvalue weighted by molar-refractivity contribution is 0.0753.